The molecule has 15 heavy (non-hydrogen) atoms. The minimum absolute atomic E-state index is 0.0304. The van der Waals surface area contributed by atoms with Crippen LogP contribution in [-0.4, -0.2) is 18.2 Å². The molecule has 0 N–H and O–H groups in total. The van der Waals surface area contributed by atoms with Gasteiger partial charge in [-0.25, -0.2) is 13.1 Å². The lowest BCUT2D eigenvalue weighted by atomic mass is 10.3. The van der Waals surface area contributed by atoms with Crippen molar-refractivity contribution in [1.29, 1.82) is 0 Å². The van der Waals surface area contributed by atoms with Crippen molar-refractivity contribution in [3.8, 4) is 0 Å². The molecule has 1 aromatic heterocycles. The summed E-state index contributed by atoms with van der Waals surface area (Å²) in [7, 11) is 1.03. The quantitative estimate of drug-likeness (QED) is 0.757. The third kappa shape index (κ3) is 2.01. The van der Waals surface area contributed by atoms with Gasteiger partial charge < -0.3 is 0 Å². The fourth-order valence-electron chi connectivity index (χ4n) is 1.90. The number of rotatable bonds is 2. The van der Waals surface area contributed by atoms with Crippen LogP contribution in [0.25, 0.3) is 0 Å². The van der Waals surface area contributed by atoms with Crippen LogP contribution in [0.3, 0.4) is 0 Å². The Hall–Kier alpha value is -0.620. The van der Waals surface area contributed by atoms with E-state index in [0.717, 1.165) is 36.6 Å². The van der Waals surface area contributed by atoms with Gasteiger partial charge in [-0.05, 0) is 12.8 Å². The Morgan fingerprint density at radius 2 is 2.07 bits per heavy atom. The fraction of sp³-hybridized carbons (Fsp3) is 0.625. The Labute approximate surface area is 91.5 Å². The van der Waals surface area contributed by atoms with E-state index in [1.54, 1.807) is 0 Å². The maximum Gasteiger partial charge on any atom is 0.267 e. The average molecular weight is 253 g/mol. The van der Waals surface area contributed by atoms with E-state index >= 15 is 0 Å². The van der Waals surface area contributed by atoms with Gasteiger partial charge in [0.25, 0.3) is 9.05 Å². The van der Waals surface area contributed by atoms with E-state index in [2.05, 4.69) is 5.10 Å². The van der Waals surface area contributed by atoms with E-state index < -0.39 is 19.9 Å². The molecule has 84 valence electrons. The molecule has 1 saturated carbocycles. The van der Waals surface area contributed by atoms with Crippen LogP contribution in [0.15, 0.2) is 11.1 Å². The molecule has 1 aromatic rings. The minimum atomic E-state index is -4.03. The van der Waals surface area contributed by atoms with Crippen molar-refractivity contribution >= 4 is 19.7 Å². The highest BCUT2D eigenvalue weighted by atomic mass is 35.7. The molecule has 1 heterocycles. The van der Waals surface area contributed by atoms with Crippen molar-refractivity contribution in [2.24, 2.45) is 0 Å². The van der Waals surface area contributed by atoms with Crippen LogP contribution in [0.2, 0.25) is 0 Å². The second kappa shape index (κ2) is 3.75. The second-order valence-corrected chi connectivity index (χ2v) is 6.15. The van der Waals surface area contributed by atoms with Crippen LogP contribution in [0.5, 0.6) is 0 Å². The van der Waals surface area contributed by atoms with E-state index in [1.807, 2.05) is 0 Å². The molecule has 0 aliphatic heterocycles. The third-order valence-corrected chi connectivity index (χ3v) is 3.94. The second-order valence-electron chi connectivity index (χ2n) is 3.62. The van der Waals surface area contributed by atoms with Crippen LogP contribution >= 0.6 is 10.7 Å². The summed E-state index contributed by atoms with van der Waals surface area (Å²) in [4.78, 5) is -0.531. The SMILES string of the molecule is O=S(=O)(Cl)c1cnn(C2CCCC2)c1F. The third-order valence-electron chi connectivity index (χ3n) is 2.64. The summed E-state index contributed by atoms with van der Waals surface area (Å²) < 4.78 is 36.7. The van der Waals surface area contributed by atoms with Crippen LogP contribution in [0, 0.1) is 5.95 Å². The molecule has 1 fully saturated rings. The first-order valence-electron chi connectivity index (χ1n) is 4.68. The number of halogens is 2. The maximum atomic E-state index is 13.6. The topological polar surface area (TPSA) is 52.0 Å². The van der Waals surface area contributed by atoms with Gasteiger partial charge in [-0.3, -0.25) is 0 Å². The predicted octanol–water partition coefficient (Wildman–Crippen LogP) is 2.06. The summed E-state index contributed by atoms with van der Waals surface area (Å²) >= 11 is 0. The number of aromatic nitrogens is 2. The Morgan fingerprint density at radius 3 is 2.53 bits per heavy atom. The Kier molecular flexibility index (Phi) is 2.72. The van der Waals surface area contributed by atoms with Gasteiger partial charge in [0.1, 0.15) is 0 Å². The van der Waals surface area contributed by atoms with Crippen molar-refractivity contribution < 1.29 is 12.8 Å². The Balaban J connectivity index is 2.39. The first kappa shape index (κ1) is 10.9. The molecule has 1 aliphatic rings. The van der Waals surface area contributed by atoms with E-state index in [0.29, 0.717) is 0 Å². The molecule has 0 amide bonds. The van der Waals surface area contributed by atoms with Gasteiger partial charge >= 0.3 is 0 Å². The lowest BCUT2D eigenvalue weighted by Crippen LogP contribution is -2.09. The lowest BCUT2D eigenvalue weighted by molar-refractivity contribution is 0.373. The zero-order valence-electron chi connectivity index (χ0n) is 7.86. The highest BCUT2D eigenvalue weighted by Gasteiger charge is 2.26. The maximum absolute atomic E-state index is 13.6. The van der Waals surface area contributed by atoms with Crippen molar-refractivity contribution in [2.75, 3.05) is 0 Å². The fourth-order valence-corrected chi connectivity index (χ4v) is 2.68. The molecule has 2 rings (SSSR count). The molecule has 4 nitrogen and oxygen atoms in total. The number of hydrogen-bond donors (Lipinski definition) is 0. The molecular formula is C8H10ClFN2O2S. The summed E-state index contributed by atoms with van der Waals surface area (Å²) in [6, 6.07) is -0.0304. The predicted molar refractivity (Wildman–Crippen MR) is 52.7 cm³/mol. The monoisotopic (exact) mass is 252 g/mol. The highest BCUT2D eigenvalue weighted by Crippen LogP contribution is 2.31. The molecular weight excluding hydrogens is 243 g/mol. The first-order chi connectivity index (χ1) is 7.00. The summed E-state index contributed by atoms with van der Waals surface area (Å²) in [6.45, 7) is 0. The Bertz CT molecular complexity index is 465. The van der Waals surface area contributed by atoms with Gasteiger partial charge in [0.05, 0.1) is 12.2 Å². The molecule has 1 aliphatic carbocycles. The zero-order valence-corrected chi connectivity index (χ0v) is 9.43. The summed E-state index contributed by atoms with van der Waals surface area (Å²) in [5.41, 5.74) is 0. The van der Waals surface area contributed by atoms with Crippen LogP contribution in [-0.2, 0) is 9.05 Å². The van der Waals surface area contributed by atoms with Crippen molar-refractivity contribution in [1.82, 2.24) is 9.78 Å². The smallest absolute Gasteiger partial charge is 0.235 e. The van der Waals surface area contributed by atoms with Gasteiger partial charge in [0, 0.05) is 10.7 Å². The molecule has 7 heteroatoms. The zero-order chi connectivity index (χ0) is 11.1. The first-order valence-corrected chi connectivity index (χ1v) is 6.99. The van der Waals surface area contributed by atoms with Gasteiger partial charge in [0.2, 0.25) is 5.95 Å². The normalized spacial score (nSPS) is 18.5. The summed E-state index contributed by atoms with van der Waals surface area (Å²) in [5, 5.41) is 3.74. The minimum Gasteiger partial charge on any atom is -0.235 e. The summed E-state index contributed by atoms with van der Waals surface area (Å²) in [6.07, 6.45) is 4.68. The van der Waals surface area contributed by atoms with Crippen molar-refractivity contribution in [3.05, 3.63) is 12.1 Å². The van der Waals surface area contributed by atoms with Crippen LogP contribution in [0.4, 0.5) is 4.39 Å². The molecule has 0 radical (unpaired) electrons. The van der Waals surface area contributed by atoms with E-state index in [-0.39, 0.29) is 6.04 Å². The van der Waals surface area contributed by atoms with E-state index in [9.17, 15) is 12.8 Å². The molecule has 0 atom stereocenters. The van der Waals surface area contributed by atoms with E-state index in [1.165, 1.54) is 0 Å². The molecule has 0 unspecified atom stereocenters. The van der Waals surface area contributed by atoms with E-state index in [4.69, 9.17) is 10.7 Å². The molecule has 0 bridgehead atoms. The Morgan fingerprint density at radius 1 is 1.47 bits per heavy atom. The van der Waals surface area contributed by atoms with Gasteiger partial charge in [-0.1, -0.05) is 12.8 Å². The molecule has 0 aromatic carbocycles. The van der Waals surface area contributed by atoms with Crippen molar-refractivity contribution in [2.45, 2.75) is 36.6 Å². The standard InChI is InChI=1S/C8H10ClFN2O2S/c9-15(13,14)7-5-11-12(8(7)10)6-3-1-2-4-6/h5-6H,1-4H2. The number of nitrogens with zero attached hydrogens (tertiary/aromatic N) is 2. The van der Waals surface area contributed by atoms with Gasteiger partial charge in [0.15, 0.2) is 4.90 Å². The summed E-state index contributed by atoms with van der Waals surface area (Å²) in [5.74, 6) is -0.850. The van der Waals surface area contributed by atoms with Crippen molar-refractivity contribution in [3.63, 3.8) is 0 Å². The van der Waals surface area contributed by atoms with Crippen LogP contribution in [0.1, 0.15) is 31.7 Å². The molecule has 0 saturated heterocycles. The van der Waals surface area contributed by atoms with Crippen LogP contribution < -0.4 is 0 Å². The molecule has 0 spiro atoms. The van der Waals surface area contributed by atoms with Gasteiger partial charge in [-0.2, -0.15) is 9.49 Å². The van der Waals surface area contributed by atoms with Gasteiger partial charge in [-0.15, -0.1) is 0 Å². The lowest BCUT2D eigenvalue weighted by Gasteiger charge is -2.09. The number of hydrogen-bond acceptors (Lipinski definition) is 3. The average Bonchev–Trinajstić information content (AvgIpc) is 2.69. The largest absolute Gasteiger partial charge is 0.267 e. The highest BCUT2D eigenvalue weighted by molar-refractivity contribution is 8.13.